The smallest absolute Gasteiger partial charge is 0.299 e. The zero-order valence-corrected chi connectivity index (χ0v) is 18.9. The molecular weight excluding hydrogens is 432 g/mol. The Labute approximate surface area is 197 Å². The molecule has 0 bridgehead atoms. The first kappa shape index (κ1) is 21.9. The van der Waals surface area contributed by atoms with Gasteiger partial charge < -0.3 is 14.4 Å². The van der Waals surface area contributed by atoms with Gasteiger partial charge in [-0.25, -0.2) is 0 Å². The molecule has 1 saturated heterocycles. The Morgan fingerprint density at radius 1 is 1.06 bits per heavy atom. The minimum absolute atomic E-state index is 0.0853. The third kappa shape index (κ3) is 3.87. The molecule has 1 aliphatic heterocycles. The summed E-state index contributed by atoms with van der Waals surface area (Å²) in [6.45, 7) is 0. The van der Waals surface area contributed by atoms with Gasteiger partial charge in [-0.3, -0.25) is 14.5 Å². The zero-order valence-electron chi connectivity index (χ0n) is 18.9. The SMILES string of the molecule is COc1cccc(C(O)=C2C(=O)C(=O)N(c3ccc(-c4ccon4)cc3)C2C2CCCCC2)c1. The highest BCUT2D eigenvalue weighted by Gasteiger charge is 2.49. The Morgan fingerprint density at radius 3 is 2.50 bits per heavy atom. The highest BCUT2D eigenvalue weighted by molar-refractivity contribution is 6.51. The van der Waals surface area contributed by atoms with Gasteiger partial charge >= 0.3 is 0 Å². The lowest BCUT2D eigenvalue weighted by Gasteiger charge is -2.34. The summed E-state index contributed by atoms with van der Waals surface area (Å²) in [4.78, 5) is 28.2. The van der Waals surface area contributed by atoms with Crippen molar-refractivity contribution in [3.63, 3.8) is 0 Å². The van der Waals surface area contributed by atoms with Gasteiger partial charge in [-0.1, -0.05) is 48.7 Å². The second kappa shape index (κ2) is 9.17. The molecule has 5 rings (SSSR count). The second-order valence-corrected chi connectivity index (χ2v) is 8.77. The average Bonchev–Trinajstić information content (AvgIpc) is 3.52. The number of aliphatic hydroxyl groups is 1. The number of ether oxygens (including phenoxy) is 1. The molecule has 7 nitrogen and oxygen atoms in total. The number of rotatable bonds is 5. The summed E-state index contributed by atoms with van der Waals surface area (Å²) in [6.07, 6.45) is 6.51. The van der Waals surface area contributed by atoms with Crippen molar-refractivity contribution in [3.8, 4) is 17.0 Å². The predicted octanol–water partition coefficient (Wildman–Crippen LogP) is 5.18. The zero-order chi connectivity index (χ0) is 23.7. The number of hydrogen-bond donors (Lipinski definition) is 1. The van der Waals surface area contributed by atoms with Gasteiger partial charge in [-0.05, 0) is 43.0 Å². The van der Waals surface area contributed by atoms with Gasteiger partial charge in [0.2, 0.25) is 0 Å². The molecule has 2 aromatic carbocycles. The number of carbonyl (C=O) groups is 2. The Balaban J connectivity index is 1.59. The number of anilines is 1. The van der Waals surface area contributed by atoms with Crippen LogP contribution in [0.1, 0.15) is 37.7 Å². The summed E-state index contributed by atoms with van der Waals surface area (Å²) in [5.74, 6) is -0.779. The molecule has 7 heteroatoms. The third-order valence-electron chi connectivity index (χ3n) is 6.81. The molecule has 1 saturated carbocycles. The van der Waals surface area contributed by atoms with Crippen molar-refractivity contribution in [1.29, 1.82) is 0 Å². The fraction of sp³-hybridized carbons (Fsp3) is 0.296. The quantitative estimate of drug-likeness (QED) is 0.322. The highest BCUT2D eigenvalue weighted by Crippen LogP contribution is 2.41. The van der Waals surface area contributed by atoms with E-state index >= 15 is 0 Å². The largest absolute Gasteiger partial charge is 0.507 e. The normalized spacial score (nSPS) is 20.6. The van der Waals surface area contributed by atoms with E-state index < -0.39 is 17.7 Å². The second-order valence-electron chi connectivity index (χ2n) is 8.77. The van der Waals surface area contributed by atoms with Gasteiger partial charge in [0, 0.05) is 22.9 Å². The van der Waals surface area contributed by atoms with Crippen molar-refractivity contribution in [2.45, 2.75) is 38.1 Å². The molecule has 2 fully saturated rings. The number of benzene rings is 2. The van der Waals surface area contributed by atoms with E-state index in [1.54, 1.807) is 42.3 Å². The summed E-state index contributed by atoms with van der Waals surface area (Å²) in [5.41, 5.74) is 2.79. The van der Waals surface area contributed by atoms with E-state index in [9.17, 15) is 14.7 Å². The molecule has 1 atom stereocenters. The Hall–Kier alpha value is -3.87. The number of amides is 1. The fourth-order valence-electron chi connectivity index (χ4n) is 5.12. The van der Waals surface area contributed by atoms with E-state index in [1.807, 2.05) is 24.3 Å². The van der Waals surface area contributed by atoms with E-state index in [4.69, 9.17) is 9.26 Å². The first-order chi connectivity index (χ1) is 16.6. The van der Waals surface area contributed by atoms with E-state index in [-0.39, 0.29) is 17.3 Å². The lowest BCUT2D eigenvalue weighted by molar-refractivity contribution is -0.132. The van der Waals surface area contributed by atoms with Crippen molar-refractivity contribution in [2.24, 2.45) is 5.92 Å². The summed E-state index contributed by atoms with van der Waals surface area (Å²) in [5, 5.41) is 15.2. The van der Waals surface area contributed by atoms with Crippen LogP contribution in [0.3, 0.4) is 0 Å². The van der Waals surface area contributed by atoms with Gasteiger partial charge in [0.1, 0.15) is 23.5 Å². The Kier molecular flexibility index (Phi) is 5.92. The average molecular weight is 459 g/mol. The molecular formula is C27H26N2O5. The molecule has 2 aliphatic rings. The van der Waals surface area contributed by atoms with Gasteiger partial charge in [0.15, 0.2) is 0 Å². The molecule has 1 unspecified atom stereocenters. The summed E-state index contributed by atoms with van der Waals surface area (Å²) >= 11 is 0. The minimum Gasteiger partial charge on any atom is -0.507 e. The number of Topliss-reactive ketones (excluding diaryl/α,β-unsaturated/α-hetero) is 1. The monoisotopic (exact) mass is 458 g/mol. The van der Waals surface area contributed by atoms with E-state index in [2.05, 4.69) is 5.16 Å². The number of aromatic nitrogens is 1. The summed E-state index contributed by atoms with van der Waals surface area (Å²) in [6, 6.07) is 15.5. The van der Waals surface area contributed by atoms with Crippen molar-refractivity contribution >= 4 is 23.1 Å². The lowest BCUT2D eigenvalue weighted by atomic mass is 9.80. The molecule has 1 N–H and O–H groups in total. The maximum absolute atomic E-state index is 13.3. The molecule has 3 aromatic rings. The van der Waals surface area contributed by atoms with Crippen LogP contribution >= 0.6 is 0 Å². The van der Waals surface area contributed by atoms with Gasteiger partial charge in [-0.15, -0.1) is 0 Å². The highest BCUT2D eigenvalue weighted by atomic mass is 16.5. The summed E-state index contributed by atoms with van der Waals surface area (Å²) in [7, 11) is 1.54. The van der Waals surface area contributed by atoms with Crippen LogP contribution < -0.4 is 9.64 Å². The maximum Gasteiger partial charge on any atom is 0.299 e. The van der Waals surface area contributed by atoms with Crippen LogP contribution in [0.2, 0.25) is 0 Å². The summed E-state index contributed by atoms with van der Waals surface area (Å²) < 4.78 is 10.2. The van der Waals surface area contributed by atoms with Crippen LogP contribution in [-0.4, -0.2) is 35.1 Å². The van der Waals surface area contributed by atoms with Crippen molar-refractivity contribution < 1.29 is 24.0 Å². The molecule has 0 spiro atoms. The minimum atomic E-state index is -0.656. The van der Waals surface area contributed by atoms with E-state index in [1.165, 1.54) is 6.26 Å². The van der Waals surface area contributed by atoms with Crippen molar-refractivity contribution in [1.82, 2.24) is 5.16 Å². The van der Waals surface area contributed by atoms with Crippen LogP contribution in [0.4, 0.5) is 5.69 Å². The number of carbonyl (C=O) groups excluding carboxylic acids is 2. The maximum atomic E-state index is 13.3. The molecule has 1 aromatic heterocycles. The van der Waals surface area contributed by atoms with Crippen LogP contribution in [0.25, 0.3) is 17.0 Å². The molecule has 0 radical (unpaired) electrons. The standard InChI is InChI=1S/C27H26N2O5/c1-33-21-9-5-8-19(16-21)25(30)23-24(18-6-3-2-4-7-18)29(27(32)26(23)31)20-12-10-17(11-13-20)22-14-15-34-28-22/h5,8-16,18,24,30H,2-4,6-7H2,1H3. The van der Waals surface area contributed by atoms with E-state index in [0.29, 0.717) is 22.7 Å². The number of methoxy groups -OCH3 is 1. The first-order valence-corrected chi connectivity index (χ1v) is 11.5. The number of nitrogens with zero attached hydrogens (tertiary/aromatic N) is 2. The van der Waals surface area contributed by atoms with Gasteiger partial charge in [0.05, 0.1) is 18.7 Å². The van der Waals surface area contributed by atoms with Gasteiger partial charge in [-0.2, -0.15) is 0 Å². The van der Waals surface area contributed by atoms with Crippen LogP contribution in [0.15, 0.2) is 71.0 Å². The van der Waals surface area contributed by atoms with Crippen LogP contribution in [0.5, 0.6) is 5.75 Å². The predicted molar refractivity (Wildman–Crippen MR) is 127 cm³/mol. The molecule has 1 amide bonds. The molecule has 2 heterocycles. The Morgan fingerprint density at radius 2 is 1.82 bits per heavy atom. The number of hydrogen-bond acceptors (Lipinski definition) is 6. The van der Waals surface area contributed by atoms with Crippen molar-refractivity contribution in [2.75, 3.05) is 12.0 Å². The number of ketones is 1. The Bertz CT molecular complexity index is 1220. The lowest BCUT2D eigenvalue weighted by Crippen LogP contribution is -2.40. The topological polar surface area (TPSA) is 92.9 Å². The third-order valence-corrected chi connectivity index (χ3v) is 6.81. The van der Waals surface area contributed by atoms with Crippen LogP contribution in [0, 0.1) is 5.92 Å². The van der Waals surface area contributed by atoms with Crippen LogP contribution in [-0.2, 0) is 9.59 Å². The molecule has 1 aliphatic carbocycles. The van der Waals surface area contributed by atoms with E-state index in [0.717, 1.165) is 37.7 Å². The van der Waals surface area contributed by atoms with Gasteiger partial charge in [0.25, 0.3) is 11.7 Å². The molecule has 174 valence electrons. The molecule has 34 heavy (non-hydrogen) atoms. The fourth-order valence-corrected chi connectivity index (χ4v) is 5.12. The van der Waals surface area contributed by atoms with Crippen molar-refractivity contribution in [3.05, 3.63) is 72.0 Å². The first-order valence-electron chi connectivity index (χ1n) is 11.5. The number of aliphatic hydroxyl groups excluding tert-OH is 1.